The Bertz CT molecular complexity index is 1070. The number of fused-ring (bicyclic) bond motifs is 1. The molecule has 0 unspecified atom stereocenters. The molecule has 0 fully saturated rings. The largest absolute Gasteiger partial charge is 0.494 e. The van der Waals surface area contributed by atoms with Crippen LogP contribution in [0.1, 0.15) is 36.3 Å². The summed E-state index contributed by atoms with van der Waals surface area (Å²) < 4.78 is 18.1. The van der Waals surface area contributed by atoms with Crippen LogP contribution in [0.5, 0.6) is 11.5 Å². The SMILES string of the molecule is CCCOc1ccc(OCCOC(=O)c2ccc3c(c2)nc(C)c(=O)n3CC)cc1. The number of aryl methyl sites for hydroxylation is 2. The van der Waals surface area contributed by atoms with E-state index in [0.717, 1.165) is 12.2 Å². The number of hydrogen-bond donors (Lipinski definition) is 0. The van der Waals surface area contributed by atoms with Gasteiger partial charge in [0.25, 0.3) is 5.56 Å². The lowest BCUT2D eigenvalue weighted by molar-refractivity contribution is 0.0450. The zero-order chi connectivity index (χ0) is 21.5. The third-order valence-electron chi connectivity index (χ3n) is 4.54. The Kier molecular flexibility index (Phi) is 7.06. The van der Waals surface area contributed by atoms with Gasteiger partial charge in [-0.3, -0.25) is 4.79 Å². The van der Waals surface area contributed by atoms with Gasteiger partial charge in [-0.25, -0.2) is 9.78 Å². The third kappa shape index (κ3) is 4.97. The van der Waals surface area contributed by atoms with Gasteiger partial charge in [0.05, 0.1) is 23.2 Å². The molecule has 1 heterocycles. The number of carbonyl (C=O) groups excluding carboxylic acids is 1. The quantitative estimate of drug-likeness (QED) is 0.395. The molecule has 0 bridgehead atoms. The molecule has 7 heteroatoms. The summed E-state index contributed by atoms with van der Waals surface area (Å²) in [6, 6.07) is 12.3. The normalized spacial score (nSPS) is 10.8. The van der Waals surface area contributed by atoms with Gasteiger partial charge in [-0.15, -0.1) is 0 Å². The van der Waals surface area contributed by atoms with Crippen molar-refractivity contribution >= 4 is 17.0 Å². The molecule has 0 atom stereocenters. The molecular formula is C23H26N2O5. The maximum absolute atomic E-state index is 12.4. The Hall–Kier alpha value is -3.35. The summed E-state index contributed by atoms with van der Waals surface area (Å²) >= 11 is 0. The van der Waals surface area contributed by atoms with E-state index in [4.69, 9.17) is 14.2 Å². The zero-order valence-electron chi connectivity index (χ0n) is 17.5. The van der Waals surface area contributed by atoms with Crippen LogP contribution in [-0.4, -0.2) is 35.3 Å². The fourth-order valence-corrected chi connectivity index (χ4v) is 3.04. The maximum atomic E-state index is 12.4. The highest BCUT2D eigenvalue weighted by Crippen LogP contribution is 2.18. The van der Waals surface area contributed by atoms with Crippen molar-refractivity contribution in [2.45, 2.75) is 33.7 Å². The standard InChI is InChI=1S/C23H26N2O5/c1-4-12-28-18-7-9-19(10-8-18)29-13-14-30-23(27)17-6-11-21-20(15-17)24-16(3)22(26)25(21)5-2/h6-11,15H,4-5,12-14H2,1-3H3. The monoisotopic (exact) mass is 410 g/mol. The molecule has 0 spiro atoms. The molecule has 0 N–H and O–H groups in total. The van der Waals surface area contributed by atoms with E-state index in [1.807, 2.05) is 31.2 Å². The summed E-state index contributed by atoms with van der Waals surface area (Å²) in [5, 5.41) is 0. The Morgan fingerprint density at radius 2 is 1.63 bits per heavy atom. The number of hydrogen-bond acceptors (Lipinski definition) is 6. The van der Waals surface area contributed by atoms with Gasteiger partial charge in [0, 0.05) is 6.54 Å². The Morgan fingerprint density at radius 1 is 0.967 bits per heavy atom. The second kappa shape index (κ2) is 9.91. The first-order chi connectivity index (χ1) is 14.5. The first-order valence-electron chi connectivity index (χ1n) is 10.1. The smallest absolute Gasteiger partial charge is 0.338 e. The number of esters is 1. The van der Waals surface area contributed by atoms with Crippen molar-refractivity contribution in [2.75, 3.05) is 19.8 Å². The number of rotatable bonds is 9. The summed E-state index contributed by atoms with van der Waals surface area (Å²) in [5.74, 6) is 1.01. The van der Waals surface area contributed by atoms with Crippen molar-refractivity contribution in [1.29, 1.82) is 0 Å². The highest BCUT2D eigenvalue weighted by Gasteiger charge is 2.12. The molecular weight excluding hydrogens is 384 g/mol. The van der Waals surface area contributed by atoms with Gasteiger partial charge in [-0.1, -0.05) is 6.92 Å². The van der Waals surface area contributed by atoms with E-state index < -0.39 is 5.97 Å². The van der Waals surface area contributed by atoms with E-state index in [1.165, 1.54) is 0 Å². The van der Waals surface area contributed by atoms with Crippen LogP contribution in [0.15, 0.2) is 47.3 Å². The molecule has 1 aromatic heterocycles. The van der Waals surface area contributed by atoms with Crippen LogP contribution in [0.25, 0.3) is 11.0 Å². The first-order valence-corrected chi connectivity index (χ1v) is 10.1. The third-order valence-corrected chi connectivity index (χ3v) is 4.54. The maximum Gasteiger partial charge on any atom is 0.338 e. The molecule has 0 saturated heterocycles. The minimum absolute atomic E-state index is 0.117. The molecule has 30 heavy (non-hydrogen) atoms. The topological polar surface area (TPSA) is 79.7 Å². The highest BCUT2D eigenvalue weighted by molar-refractivity contribution is 5.93. The van der Waals surface area contributed by atoms with Crippen LogP contribution in [0, 0.1) is 6.92 Å². The minimum Gasteiger partial charge on any atom is -0.494 e. The van der Waals surface area contributed by atoms with Crippen LogP contribution < -0.4 is 15.0 Å². The highest BCUT2D eigenvalue weighted by atomic mass is 16.6. The van der Waals surface area contributed by atoms with Gasteiger partial charge in [-0.05, 0) is 62.7 Å². The number of carbonyl (C=O) groups is 1. The van der Waals surface area contributed by atoms with Crippen molar-refractivity contribution in [3.63, 3.8) is 0 Å². The lowest BCUT2D eigenvalue weighted by Crippen LogP contribution is -2.23. The second-order valence-electron chi connectivity index (χ2n) is 6.75. The van der Waals surface area contributed by atoms with Crippen LogP contribution in [0.4, 0.5) is 0 Å². The van der Waals surface area contributed by atoms with E-state index in [-0.39, 0.29) is 18.8 Å². The second-order valence-corrected chi connectivity index (χ2v) is 6.75. The Morgan fingerprint density at radius 3 is 2.27 bits per heavy atom. The van der Waals surface area contributed by atoms with Crippen molar-refractivity contribution in [2.24, 2.45) is 0 Å². The molecule has 3 aromatic rings. The summed E-state index contributed by atoms with van der Waals surface area (Å²) in [5.41, 5.74) is 1.94. The summed E-state index contributed by atoms with van der Waals surface area (Å²) in [4.78, 5) is 28.9. The predicted molar refractivity (Wildman–Crippen MR) is 114 cm³/mol. The molecule has 2 aromatic carbocycles. The first kappa shape index (κ1) is 21.4. The van der Waals surface area contributed by atoms with Crippen LogP contribution in [0.2, 0.25) is 0 Å². The number of aromatic nitrogens is 2. The van der Waals surface area contributed by atoms with Crippen molar-refractivity contribution in [1.82, 2.24) is 9.55 Å². The van der Waals surface area contributed by atoms with E-state index in [9.17, 15) is 9.59 Å². The van der Waals surface area contributed by atoms with E-state index in [1.54, 1.807) is 29.7 Å². The molecule has 0 radical (unpaired) electrons. The van der Waals surface area contributed by atoms with Gasteiger partial charge in [-0.2, -0.15) is 0 Å². The average molecular weight is 410 g/mol. The molecule has 7 nitrogen and oxygen atoms in total. The predicted octanol–water partition coefficient (Wildman–Crippen LogP) is 3.75. The number of ether oxygens (including phenoxy) is 3. The summed E-state index contributed by atoms with van der Waals surface area (Å²) in [6.45, 7) is 7.18. The average Bonchev–Trinajstić information content (AvgIpc) is 2.76. The van der Waals surface area contributed by atoms with Crippen LogP contribution in [0.3, 0.4) is 0 Å². The fourth-order valence-electron chi connectivity index (χ4n) is 3.04. The number of nitrogens with zero attached hydrogens (tertiary/aromatic N) is 2. The van der Waals surface area contributed by atoms with E-state index >= 15 is 0 Å². The van der Waals surface area contributed by atoms with Crippen LogP contribution in [-0.2, 0) is 11.3 Å². The molecule has 158 valence electrons. The van der Waals surface area contributed by atoms with Crippen molar-refractivity contribution in [3.8, 4) is 11.5 Å². The van der Waals surface area contributed by atoms with Gasteiger partial charge in [0.15, 0.2) is 0 Å². The lowest BCUT2D eigenvalue weighted by atomic mass is 10.2. The summed E-state index contributed by atoms with van der Waals surface area (Å²) in [6.07, 6.45) is 0.953. The molecule has 0 saturated carbocycles. The van der Waals surface area contributed by atoms with Crippen molar-refractivity contribution in [3.05, 3.63) is 64.1 Å². The van der Waals surface area contributed by atoms with Gasteiger partial charge in [0.2, 0.25) is 0 Å². The molecule has 0 aliphatic carbocycles. The van der Waals surface area contributed by atoms with Gasteiger partial charge >= 0.3 is 5.97 Å². The Labute approximate surface area is 175 Å². The van der Waals surface area contributed by atoms with Gasteiger partial charge < -0.3 is 18.8 Å². The van der Waals surface area contributed by atoms with Crippen molar-refractivity contribution < 1.29 is 19.0 Å². The fraction of sp³-hybridized carbons (Fsp3) is 0.348. The van der Waals surface area contributed by atoms with E-state index in [2.05, 4.69) is 11.9 Å². The lowest BCUT2D eigenvalue weighted by Gasteiger charge is -2.11. The Balaban J connectivity index is 1.56. The summed E-state index contributed by atoms with van der Waals surface area (Å²) in [7, 11) is 0. The molecule has 3 rings (SSSR count). The zero-order valence-corrected chi connectivity index (χ0v) is 17.5. The van der Waals surface area contributed by atoms with E-state index in [0.29, 0.717) is 41.2 Å². The minimum atomic E-state index is -0.461. The molecule has 0 aliphatic heterocycles. The molecule has 0 amide bonds. The number of benzene rings is 2. The van der Waals surface area contributed by atoms with Gasteiger partial charge in [0.1, 0.15) is 30.4 Å². The van der Waals surface area contributed by atoms with Crippen LogP contribution >= 0.6 is 0 Å². The molecule has 0 aliphatic rings.